The maximum absolute atomic E-state index is 13.8. The standard InChI is InChI=1S/C15H21BrF2O/c1-3-4-5-6-7-8-12(16)15-13(17)9-11(19-2)10-14(15)18/h9-10,12H,3-8H2,1-2H3. The predicted octanol–water partition coefficient (Wildman–Crippen LogP) is 5.77. The van der Waals surface area contributed by atoms with Crippen LogP contribution in [0.25, 0.3) is 0 Å². The first-order chi connectivity index (χ1) is 9.10. The lowest BCUT2D eigenvalue weighted by atomic mass is 10.0. The summed E-state index contributed by atoms with van der Waals surface area (Å²) < 4.78 is 32.5. The van der Waals surface area contributed by atoms with Crippen molar-refractivity contribution in [3.8, 4) is 5.75 Å². The molecule has 0 radical (unpaired) electrons. The fourth-order valence-electron chi connectivity index (χ4n) is 2.05. The van der Waals surface area contributed by atoms with Gasteiger partial charge in [-0.3, -0.25) is 0 Å². The molecule has 1 rings (SSSR count). The van der Waals surface area contributed by atoms with Gasteiger partial charge in [0.25, 0.3) is 0 Å². The summed E-state index contributed by atoms with van der Waals surface area (Å²) in [5.74, 6) is -0.888. The molecule has 0 bridgehead atoms. The Morgan fingerprint density at radius 2 is 1.68 bits per heavy atom. The largest absolute Gasteiger partial charge is 0.497 e. The summed E-state index contributed by atoms with van der Waals surface area (Å²) in [6.45, 7) is 2.16. The Morgan fingerprint density at radius 3 is 2.21 bits per heavy atom. The van der Waals surface area contributed by atoms with Crippen LogP contribution in [0.4, 0.5) is 8.78 Å². The van der Waals surface area contributed by atoms with Gasteiger partial charge < -0.3 is 4.74 Å². The SMILES string of the molecule is CCCCCCCC(Br)c1c(F)cc(OC)cc1F. The van der Waals surface area contributed by atoms with E-state index in [0.29, 0.717) is 0 Å². The summed E-state index contributed by atoms with van der Waals surface area (Å²) in [6, 6.07) is 2.45. The molecule has 0 heterocycles. The van der Waals surface area contributed by atoms with Crippen molar-refractivity contribution in [3.05, 3.63) is 29.3 Å². The molecule has 0 aliphatic carbocycles. The molecule has 19 heavy (non-hydrogen) atoms. The first-order valence-corrected chi connectivity index (χ1v) is 7.68. The van der Waals surface area contributed by atoms with Crippen LogP contribution in [-0.4, -0.2) is 7.11 Å². The minimum absolute atomic E-state index is 0.108. The first kappa shape index (κ1) is 16.4. The van der Waals surface area contributed by atoms with Crippen molar-refractivity contribution < 1.29 is 13.5 Å². The van der Waals surface area contributed by atoms with Crippen molar-refractivity contribution in [3.63, 3.8) is 0 Å². The Balaban J connectivity index is 2.59. The van der Waals surface area contributed by atoms with Crippen LogP contribution < -0.4 is 4.74 Å². The third kappa shape index (κ3) is 5.09. The van der Waals surface area contributed by atoms with E-state index in [1.165, 1.54) is 38.5 Å². The van der Waals surface area contributed by atoms with E-state index in [0.717, 1.165) is 19.3 Å². The van der Waals surface area contributed by atoms with Crippen LogP contribution in [-0.2, 0) is 0 Å². The fraction of sp³-hybridized carbons (Fsp3) is 0.600. The highest BCUT2D eigenvalue weighted by Gasteiger charge is 2.18. The van der Waals surface area contributed by atoms with E-state index in [1.807, 2.05) is 0 Å². The highest BCUT2D eigenvalue weighted by molar-refractivity contribution is 9.09. The molecule has 1 atom stereocenters. The minimum Gasteiger partial charge on any atom is -0.497 e. The predicted molar refractivity (Wildman–Crippen MR) is 78.0 cm³/mol. The third-order valence-electron chi connectivity index (χ3n) is 3.16. The molecule has 0 fully saturated rings. The van der Waals surface area contributed by atoms with Gasteiger partial charge in [-0.1, -0.05) is 55.0 Å². The number of rotatable bonds is 8. The number of ether oxygens (including phenoxy) is 1. The zero-order valence-corrected chi connectivity index (χ0v) is 13.1. The number of hydrogen-bond acceptors (Lipinski definition) is 1. The van der Waals surface area contributed by atoms with Crippen LogP contribution in [0.3, 0.4) is 0 Å². The Hall–Kier alpha value is -0.640. The van der Waals surface area contributed by atoms with E-state index < -0.39 is 11.6 Å². The van der Waals surface area contributed by atoms with E-state index in [9.17, 15) is 8.78 Å². The summed E-state index contributed by atoms with van der Waals surface area (Å²) in [5.41, 5.74) is 0.108. The Bertz CT molecular complexity index is 373. The lowest BCUT2D eigenvalue weighted by molar-refractivity contribution is 0.404. The van der Waals surface area contributed by atoms with Crippen molar-refractivity contribution >= 4 is 15.9 Å². The van der Waals surface area contributed by atoms with Crippen LogP contribution in [0.1, 0.15) is 55.8 Å². The van der Waals surface area contributed by atoms with Crippen molar-refractivity contribution in [2.24, 2.45) is 0 Å². The number of unbranched alkanes of at least 4 members (excludes halogenated alkanes) is 4. The van der Waals surface area contributed by atoms with Crippen molar-refractivity contribution in [2.45, 2.75) is 50.3 Å². The average Bonchev–Trinajstić information content (AvgIpc) is 2.37. The molecule has 1 nitrogen and oxygen atoms in total. The summed E-state index contributed by atoms with van der Waals surface area (Å²) in [6.07, 6.45) is 6.42. The molecule has 0 N–H and O–H groups in total. The van der Waals surface area contributed by atoms with Gasteiger partial charge in [-0.15, -0.1) is 0 Å². The van der Waals surface area contributed by atoms with Crippen LogP contribution in [0.15, 0.2) is 12.1 Å². The number of halogens is 3. The van der Waals surface area contributed by atoms with Crippen LogP contribution >= 0.6 is 15.9 Å². The van der Waals surface area contributed by atoms with Crippen molar-refractivity contribution in [2.75, 3.05) is 7.11 Å². The van der Waals surface area contributed by atoms with Gasteiger partial charge in [0.15, 0.2) is 0 Å². The highest BCUT2D eigenvalue weighted by atomic mass is 79.9. The zero-order valence-electron chi connectivity index (χ0n) is 11.5. The third-order valence-corrected chi connectivity index (χ3v) is 4.08. The summed E-state index contributed by atoms with van der Waals surface area (Å²) in [5, 5.41) is 0. The van der Waals surface area contributed by atoms with E-state index in [-0.39, 0.29) is 16.1 Å². The second kappa shape index (κ2) is 8.51. The molecule has 1 unspecified atom stereocenters. The monoisotopic (exact) mass is 334 g/mol. The minimum atomic E-state index is -0.549. The maximum atomic E-state index is 13.8. The number of methoxy groups -OCH3 is 1. The molecule has 0 saturated heterocycles. The van der Waals surface area contributed by atoms with Crippen LogP contribution in [0.2, 0.25) is 0 Å². The van der Waals surface area contributed by atoms with Crippen molar-refractivity contribution in [1.29, 1.82) is 0 Å². The second-order valence-electron chi connectivity index (χ2n) is 4.68. The van der Waals surface area contributed by atoms with Crippen LogP contribution in [0, 0.1) is 11.6 Å². The molecule has 0 saturated carbocycles. The molecule has 0 aromatic heterocycles. The second-order valence-corrected chi connectivity index (χ2v) is 5.78. The number of benzene rings is 1. The summed E-state index contributed by atoms with van der Waals surface area (Å²) in [4.78, 5) is -0.278. The fourth-order valence-corrected chi connectivity index (χ4v) is 2.81. The lowest BCUT2D eigenvalue weighted by Crippen LogP contribution is -2.00. The quantitative estimate of drug-likeness (QED) is 0.433. The Kier molecular flexibility index (Phi) is 7.36. The smallest absolute Gasteiger partial charge is 0.134 e. The average molecular weight is 335 g/mol. The molecule has 0 spiro atoms. The van der Waals surface area contributed by atoms with Gasteiger partial charge in [0.1, 0.15) is 17.4 Å². The molecule has 1 aromatic rings. The molecule has 4 heteroatoms. The first-order valence-electron chi connectivity index (χ1n) is 6.77. The lowest BCUT2D eigenvalue weighted by Gasteiger charge is -2.13. The van der Waals surface area contributed by atoms with Gasteiger partial charge in [0.2, 0.25) is 0 Å². The van der Waals surface area contributed by atoms with E-state index in [2.05, 4.69) is 22.9 Å². The van der Waals surface area contributed by atoms with E-state index in [1.54, 1.807) is 0 Å². The summed E-state index contributed by atoms with van der Waals surface area (Å²) in [7, 11) is 1.40. The maximum Gasteiger partial charge on any atom is 0.134 e. The molecule has 0 aliphatic heterocycles. The van der Waals surface area contributed by atoms with Gasteiger partial charge in [-0.05, 0) is 6.42 Å². The van der Waals surface area contributed by atoms with Crippen LogP contribution in [0.5, 0.6) is 5.75 Å². The Morgan fingerprint density at radius 1 is 1.11 bits per heavy atom. The van der Waals surface area contributed by atoms with Gasteiger partial charge >= 0.3 is 0 Å². The molecule has 0 amide bonds. The number of hydrogen-bond donors (Lipinski definition) is 0. The van der Waals surface area contributed by atoms with Gasteiger partial charge in [0, 0.05) is 22.5 Å². The molecule has 1 aromatic carbocycles. The summed E-state index contributed by atoms with van der Waals surface area (Å²) >= 11 is 3.38. The molecular formula is C15H21BrF2O. The normalized spacial score (nSPS) is 12.5. The topological polar surface area (TPSA) is 9.23 Å². The molecule has 108 valence electrons. The van der Waals surface area contributed by atoms with Crippen molar-refractivity contribution in [1.82, 2.24) is 0 Å². The molecule has 0 aliphatic rings. The van der Waals surface area contributed by atoms with Gasteiger partial charge in [0.05, 0.1) is 7.11 Å². The van der Waals surface area contributed by atoms with Gasteiger partial charge in [-0.2, -0.15) is 0 Å². The van der Waals surface area contributed by atoms with E-state index in [4.69, 9.17) is 4.74 Å². The Labute approximate surface area is 122 Å². The van der Waals surface area contributed by atoms with E-state index >= 15 is 0 Å². The van der Waals surface area contributed by atoms with Gasteiger partial charge in [-0.25, -0.2) is 8.78 Å². The number of alkyl halides is 1. The highest BCUT2D eigenvalue weighted by Crippen LogP contribution is 2.34. The zero-order chi connectivity index (χ0) is 14.3. The molecular weight excluding hydrogens is 314 g/mol.